The first-order chi connectivity index (χ1) is 15.3. The van der Waals surface area contributed by atoms with Gasteiger partial charge in [0.25, 0.3) is 8.32 Å². The number of rotatable bonds is 14. The molecule has 0 bridgehead atoms. The molecule has 0 saturated carbocycles. The van der Waals surface area contributed by atoms with Crippen molar-refractivity contribution in [2.45, 2.75) is 64.0 Å². The van der Waals surface area contributed by atoms with Gasteiger partial charge in [0.05, 0.1) is 6.10 Å². The van der Waals surface area contributed by atoms with E-state index in [0.717, 1.165) is 19.3 Å². The Bertz CT molecular complexity index is 749. The first-order valence-corrected chi connectivity index (χ1v) is 13.3. The van der Waals surface area contributed by atoms with Crippen LogP contribution in [0.15, 0.2) is 60.7 Å². The Kier molecular flexibility index (Phi) is 10.6. The van der Waals surface area contributed by atoms with Gasteiger partial charge in [-0.05, 0) is 34.7 Å². The molecule has 1 atom stereocenters. The number of carbonyl (C=O) groups is 1. The molecule has 0 aliphatic carbocycles. The minimum atomic E-state index is -2.56. The first-order valence-electron chi connectivity index (χ1n) is 11.4. The molecule has 0 amide bonds. The van der Waals surface area contributed by atoms with Gasteiger partial charge in [0.15, 0.2) is 0 Å². The van der Waals surface area contributed by atoms with Crippen LogP contribution in [0.2, 0.25) is 5.04 Å². The minimum absolute atomic E-state index is 0.0260. The van der Waals surface area contributed by atoms with Crippen molar-refractivity contribution < 1.29 is 23.8 Å². The highest BCUT2D eigenvalue weighted by Gasteiger charge is 2.50. The zero-order valence-corrected chi connectivity index (χ0v) is 20.9. The molecule has 5 nitrogen and oxygen atoms in total. The summed E-state index contributed by atoms with van der Waals surface area (Å²) in [5, 5.41) is 11.3. The Morgan fingerprint density at radius 1 is 0.938 bits per heavy atom. The van der Waals surface area contributed by atoms with Crippen molar-refractivity contribution >= 4 is 24.7 Å². The Morgan fingerprint density at radius 3 is 1.97 bits per heavy atom. The average molecular weight is 459 g/mol. The second-order valence-electron chi connectivity index (χ2n) is 9.14. The van der Waals surface area contributed by atoms with Crippen molar-refractivity contribution in [1.82, 2.24) is 0 Å². The Morgan fingerprint density at radius 2 is 1.50 bits per heavy atom. The van der Waals surface area contributed by atoms with Gasteiger partial charge in [-0.15, -0.1) is 0 Å². The van der Waals surface area contributed by atoms with E-state index in [1.807, 2.05) is 12.1 Å². The zero-order valence-electron chi connectivity index (χ0n) is 19.9. The lowest BCUT2D eigenvalue weighted by atomic mass is 10.1. The minimum Gasteiger partial charge on any atom is -0.481 e. The molecule has 0 unspecified atom stereocenters. The molecule has 32 heavy (non-hydrogen) atoms. The van der Waals surface area contributed by atoms with E-state index in [-0.39, 0.29) is 24.4 Å². The molecule has 0 saturated heterocycles. The van der Waals surface area contributed by atoms with E-state index in [4.69, 9.17) is 19.0 Å². The second kappa shape index (κ2) is 12.9. The SMILES string of the molecule is COCO[C@H](CCCCC(=O)O)CCO[Si](c1ccccc1)(c1ccccc1)C(C)(C)C. The van der Waals surface area contributed by atoms with E-state index in [0.29, 0.717) is 13.0 Å². The van der Waals surface area contributed by atoms with Crippen LogP contribution in [0, 0.1) is 0 Å². The molecule has 1 N–H and O–H groups in total. The van der Waals surface area contributed by atoms with E-state index in [1.165, 1.54) is 10.4 Å². The van der Waals surface area contributed by atoms with Crippen molar-refractivity contribution in [3.8, 4) is 0 Å². The third-order valence-electron chi connectivity index (χ3n) is 5.76. The predicted octanol–water partition coefficient (Wildman–Crippen LogP) is 4.59. The molecule has 0 aliphatic heterocycles. The van der Waals surface area contributed by atoms with Crippen LogP contribution in [0.3, 0.4) is 0 Å². The average Bonchev–Trinajstić information content (AvgIpc) is 2.77. The van der Waals surface area contributed by atoms with Crippen molar-refractivity contribution in [1.29, 1.82) is 0 Å². The monoisotopic (exact) mass is 458 g/mol. The summed E-state index contributed by atoms with van der Waals surface area (Å²) in [6.07, 6.45) is 3.15. The number of hydrogen-bond acceptors (Lipinski definition) is 4. The lowest BCUT2D eigenvalue weighted by molar-refractivity contribution is -0.137. The van der Waals surface area contributed by atoms with Crippen LogP contribution < -0.4 is 10.4 Å². The summed E-state index contributed by atoms with van der Waals surface area (Å²) in [7, 11) is -0.954. The van der Waals surface area contributed by atoms with Gasteiger partial charge in [0.2, 0.25) is 0 Å². The van der Waals surface area contributed by atoms with E-state index < -0.39 is 14.3 Å². The summed E-state index contributed by atoms with van der Waals surface area (Å²) < 4.78 is 17.9. The fourth-order valence-electron chi connectivity index (χ4n) is 4.23. The Balaban J connectivity index is 2.21. The maximum atomic E-state index is 10.8. The van der Waals surface area contributed by atoms with Crippen LogP contribution in [0.1, 0.15) is 52.9 Å². The normalized spacial score (nSPS) is 13.1. The Hall–Kier alpha value is -1.99. The van der Waals surface area contributed by atoms with Crippen LogP contribution in [-0.2, 0) is 18.7 Å². The second-order valence-corrected chi connectivity index (χ2v) is 13.4. The third kappa shape index (κ3) is 7.27. The highest BCUT2D eigenvalue weighted by molar-refractivity contribution is 6.99. The molecule has 176 valence electrons. The lowest BCUT2D eigenvalue weighted by Gasteiger charge is -2.43. The fourth-order valence-corrected chi connectivity index (χ4v) is 8.81. The molecule has 6 heteroatoms. The van der Waals surface area contributed by atoms with Gasteiger partial charge in [-0.1, -0.05) is 87.9 Å². The highest BCUT2D eigenvalue weighted by Crippen LogP contribution is 2.36. The Labute approximate surface area is 193 Å². The molecule has 0 aromatic heterocycles. The van der Waals surface area contributed by atoms with Crippen LogP contribution in [0.25, 0.3) is 0 Å². The molecule has 2 aromatic carbocycles. The molecular formula is C26H38O5Si. The van der Waals surface area contributed by atoms with Crippen molar-refractivity contribution in [2.75, 3.05) is 20.5 Å². The standard InChI is InChI=1S/C26H38O5Si/c1-26(2,3)32(23-14-7-5-8-15-23,24-16-9-6-10-17-24)31-20-19-22(30-21-29-4)13-11-12-18-25(27)28/h5-10,14-17,22H,11-13,18-21H2,1-4H3,(H,27,28)/t22-/m1/s1. The number of benzene rings is 2. The number of hydrogen-bond donors (Lipinski definition) is 1. The van der Waals surface area contributed by atoms with E-state index in [9.17, 15) is 4.79 Å². The van der Waals surface area contributed by atoms with Crippen LogP contribution >= 0.6 is 0 Å². The molecule has 0 fully saturated rings. The number of ether oxygens (including phenoxy) is 2. The van der Waals surface area contributed by atoms with Crippen molar-refractivity contribution in [2.24, 2.45) is 0 Å². The van der Waals surface area contributed by atoms with Crippen LogP contribution in [-0.4, -0.2) is 46.0 Å². The predicted molar refractivity (Wildman–Crippen MR) is 131 cm³/mol. The highest BCUT2D eigenvalue weighted by atomic mass is 28.4. The third-order valence-corrected chi connectivity index (χ3v) is 10.8. The van der Waals surface area contributed by atoms with Crippen molar-refractivity contribution in [3.05, 3.63) is 60.7 Å². The summed E-state index contributed by atoms with van der Waals surface area (Å²) >= 11 is 0. The number of carboxylic acid groups (broad SMARTS) is 1. The largest absolute Gasteiger partial charge is 0.481 e. The zero-order chi connectivity index (χ0) is 23.5. The van der Waals surface area contributed by atoms with E-state index in [2.05, 4.69) is 69.3 Å². The molecule has 0 aliphatic rings. The molecule has 0 heterocycles. The van der Waals surface area contributed by atoms with Crippen LogP contribution in [0.4, 0.5) is 0 Å². The van der Waals surface area contributed by atoms with Gasteiger partial charge in [0, 0.05) is 20.1 Å². The number of unbranched alkanes of at least 4 members (excludes halogenated alkanes) is 1. The summed E-state index contributed by atoms with van der Waals surface area (Å²) in [6.45, 7) is 7.60. The molecule has 0 spiro atoms. The molecule has 2 aromatic rings. The maximum absolute atomic E-state index is 10.8. The van der Waals surface area contributed by atoms with Gasteiger partial charge < -0.3 is 19.0 Å². The summed E-state index contributed by atoms with van der Waals surface area (Å²) in [6, 6.07) is 21.2. The smallest absolute Gasteiger partial charge is 0.303 e. The lowest BCUT2D eigenvalue weighted by Crippen LogP contribution is -2.66. The van der Waals surface area contributed by atoms with Crippen LogP contribution in [0.5, 0.6) is 0 Å². The quantitative estimate of drug-likeness (QED) is 0.255. The van der Waals surface area contributed by atoms with Gasteiger partial charge in [-0.2, -0.15) is 0 Å². The first kappa shape index (κ1) is 26.3. The number of carboxylic acids is 1. The molecular weight excluding hydrogens is 420 g/mol. The number of methoxy groups -OCH3 is 1. The molecule has 2 rings (SSSR count). The fraction of sp³-hybridized carbons (Fsp3) is 0.500. The van der Waals surface area contributed by atoms with E-state index in [1.54, 1.807) is 7.11 Å². The summed E-state index contributed by atoms with van der Waals surface area (Å²) in [5.74, 6) is -0.755. The van der Waals surface area contributed by atoms with E-state index >= 15 is 0 Å². The summed E-state index contributed by atoms with van der Waals surface area (Å²) in [5.41, 5.74) is 0. The van der Waals surface area contributed by atoms with Crippen molar-refractivity contribution in [3.63, 3.8) is 0 Å². The topological polar surface area (TPSA) is 65.0 Å². The summed E-state index contributed by atoms with van der Waals surface area (Å²) in [4.78, 5) is 10.8. The maximum Gasteiger partial charge on any atom is 0.303 e. The van der Waals surface area contributed by atoms with Gasteiger partial charge in [0.1, 0.15) is 6.79 Å². The van der Waals surface area contributed by atoms with Gasteiger partial charge >= 0.3 is 5.97 Å². The molecule has 0 radical (unpaired) electrons. The van der Waals surface area contributed by atoms with Gasteiger partial charge in [-0.3, -0.25) is 4.79 Å². The van der Waals surface area contributed by atoms with Gasteiger partial charge in [-0.25, -0.2) is 0 Å². The number of aliphatic carboxylic acids is 1.